The summed E-state index contributed by atoms with van der Waals surface area (Å²) in [5.41, 5.74) is 6.02. The number of aromatic amines is 1. The number of halogens is 2. The maximum absolute atomic E-state index is 12.2. The Hall–Kier alpha value is -3.45. The Morgan fingerprint density at radius 2 is 1.75 bits per heavy atom. The summed E-state index contributed by atoms with van der Waals surface area (Å²) in [6, 6.07) is 15.6. The minimum atomic E-state index is -0.699. The van der Waals surface area contributed by atoms with Crippen LogP contribution in [0.5, 0.6) is 5.75 Å². The molecule has 3 N–H and O–H groups in total. The summed E-state index contributed by atoms with van der Waals surface area (Å²) in [5.74, 6) is 0.199. The fourth-order valence-electron chi connectivity index (χ4n) is 2.72. The lowest BCUT2D eigenvalue weighted by molar-refractivity contribution is 0.307. The van der Waals surface area contributed by atoms with Crippen molar-refractivity contribution in [2.75, 3.05) is 5.73 Å². The second-order valence-electron chi connectivity index (χ2n) is 5.78. The number of hydrogen-bond acceptors (Lipinski definition) is 5. The molecule has 0 aliphatic heterocycles. The fourth-order valence-corrected chi connectivity index (χ4v) is 3.11. The van der Waals surface area contributed by atoms with Gasteiger partial charge < -0.3 is 15.5 Å². The normalized spacial score (nSPS) is 10.1. The highest BCUT2D eigenvalue weighted by Gasteiger charge is 2.21. The average Bonchev–Trinajstić information content (AvgIpc) is 2.66. The van der Waals surface area contributed by atoms with Gasteiger partial charge in [0.05, 0.1) is 0 Å². The fraction of sp³-hybridized carbons (Fsp3) is 0.0500. The zero-order valence-corrected chi connectivity index (χ0v) is 15.8. The van der Waals surface area contributed by atoms with E-state index in [1.807, 2.05) is 18.2 Å². The van der Waals surface area contributed by atoms with Crippen molar-refractivity contribution in [3.63, 3.8) is 0 Å². The zero-order valence-electron chi connectivity index (χ0n) is 14.3. The zero-order chi connectivity index (χ0) is 20.3. The van der Waals surface area contributed by atoms with E-state index in [2.05, 4.69) is 4.98 Å². The first-order valence-corrected chi connectivity index (χ1v) is 8.73. The molecule has 1 aromatic heterocycles. The molecule has 2 aromatic carbocycles. The summed E-state index contributed by atoms with van der Waals surface area (Å²) in [7, 11) is 0. The molecule has 0 atom stereocenters. The molecule has 28 heavy (non-hydrogen) atoms. The van der Waals surface area contributed by atoms with Crippen LogP contribution < -0.4 is 16.0 Å². The molecular weight excluding hydrogens is 399 g/mol. The van der Waals surface area contributed by atoms with Gasteiger partial charge in [0.25, 0.3) is 5.56 Å². The minimum absolute atomic E-state index is 0.0361. The number of H-pyrrole nitrogens is 1. The number of aromatic nitrogens is 1. The van der Waals surface area contributed by atoms with Gasteiger partial charge in [-0.15, -0.1) is 0 Å². The van der Waals surface area contributed by atoms with Gasteiger partial charge in [-0.3, -0.25) is 4.79 Å². The number of nitrogens with two attached hydrogens (primary N) is 1. The van der Waals surface area contributed by atoms with Gasteiger partial charge in [-0.05, 0) is 35.9 Å². The number of nitriles is 2. The van der Waals surface area contributed by atoms with Crippen molar-refractivity contribution in [2.24, 2.45) is 0 Å². The van der Waals surface area contributed by atoms with Gasteiger partial charge in [0, 0.05) is 21.2 Å². The van der Waals surface area contributed by atoms with Crippen molar-refractivity contribution >= 4 is 29.0 Å². The number of nitrogens with zero attached hydrogens (tertiary/aromatic N) is 2. The molecule has 6 nitrogen and oxygen atoms in total. The van der Waals surface area contributed by atoms with Crippen molar-refractivity contribution in [3.05, 3.63) is 79.6 Å². The third-order valence-corrected chi connectivity index (χ3v) is 4.43. The Kier molecular flexibility index (Phi) is 5.56. The van der Waals surface area contributed by atoms with Crippen LogP contribution in [0.25, 0.3) is 11.1 Å². The summed E-state index contributed by atoms with van der Waals surface area (Å²) in [6.07, 6.45) is 0. The Labute approximate surface area is 170 Å². The monoisotopic (exact) mass is 410 g/mol. The standard InChI is InChI=1S/C20H12Cl2N4O2/c21-12-3-1-2-11(6-12)10-28-17-5-4-13(22)7-14(17)18-15(8-23)19(25)26-20(27)16(18)9-24/h1-7H,10H2,(H3,25,26,27). The van der Waals surface area contributed by atoms with Crippen LogP contribution >= 0.6 is 23.2 Å². The predicted octanol–water partition coefficient (Wildman–Crippen LogP) is 4.25. The highest BCUT2D eigenvalue weighted by atomic mass is 35.5. The van der Waals surface area contributed by atoms with E-state index < -0.39 is 5.56 Å². The number of ether oxygens (including phenoxy) is 1. The van der Waals surface area contributed by atoms with Crippen LogP contribution in [0.3, 0.4) is 0 Å². The van der Waals surface area contributed by atoms with E-state index in [-0.39, 0.29) is 29.1 Å². The molecule has 1 heterocycles. The maximum atomic E-state index is 12.2. The molecule has 0 fully saturated rings. The molecule has 0 bridgehead atoms. The van der Waals surface area contributed by atoms with Crippen LogP contribution in [-0.2, 0) is 6.61 Å². The van der Waals surface area contributed by atoms with E-state index in [0.717, 1.165) is 5.56 Å². The summed E-state index contributed by atoms with van der Waals surface area (Å²) in [4.78, 5) is 14.5. The molecular formula is C20H12Cl2N4O2. The molecule has 0 spiro atoms. The molecule has 0 aliphatic rings. The largest absolute Gasteiger partial charge is 0.488 e. The van der Waals surface area contributed by atoms with E-state index in [4.69, 9.17) is 33.7 Å². The number of benzene rings is 2. The van der Waals surface area contributed by atoms with E-state index in [1.54, 1.807) is 30.3 Å². The molecule has 0 aliphatic carbocycles. The van der Waals surface area contributed by atoms with Gasteiger partial charge in [0.2, 0.25) is 0 Å². The summed E-state index contributed by atoms with van der Waals surface area (Å²) >= 11 is 12.1. The Morgan fingerprint density at radius 3 is 2.43 bits per heavy atom. The molecule has 3 aromatic rings. The molecule has 0 radical (unpaired) electrons. The second kappa shape index (κ2) is 8.06. The molecule has 0 saturated heterocycles. The molecule has 0 unspecified atom stereocenters. The van der Waals surface area contributed by atoms with Crippen molar-refractivity contribution in [3.8, 4) is 29.0 Å². The number of pyridine rings is 1. The molecule has 138 valence electrons. The van der Waals surface area contributed by atoms with Crippen LogP contribution in [0.1, 0.15) is 16.7 Å². The summed E-state index contributed by atoms with van der Waals surface area (Å²) in [6.45, 7) is 0.178. The van der Waals surface area contributed by atoms with Crippen molar-refractivity contribution < 1.29 is 4.74 Å². The Balaban J connectivity index is 2.16. The highest BCUT2D eigenvalue weighted by Crippen LogP contribution is 2.37. The van der Waals surface area contributed by atoms with E-state index in [1.165, 1.54) is 6.07 Å². The number of hydrogen-bond donors (Lipinski definition) is 2. The van der Waals surface area contributed by atoms with Crippen molar-refractivity contribution in [1.29, 1.82) is 10.5 Å². The van der Waals surface area contributed by atoms with E-state index in [0.29, 0.717) is 21.4 Å². The van der Waals surface area contributed by atoms with Crippen molar-refractivity contribution in [2.45, 2.75) is 6.61 Å². The van der Waals surface area contributed by atoms with Gasteiger partial charge in [0.15, 0.2) is 0 Å². The van der Waals surface area contributed by atoms with Gasteiger partial charge in [-0.25, -0.2) is 0 Å². The Morgan fingerprint density at radius 1 is 1.04 bits per heavy atom. The first kappa shape index (κ1) is 19.3. The van der Waals surface area contributed by atoms with Gasteiger partial charge in [-0.2, -0.15) is 10.5 Å². The average molecular weight is 411 g/mol. The van der Waals surface area contributed by atoms with Crippen LogP contribution in [0.4, 0.5) is 5.82 Å². The number of anilines is 1. The number of nitrogens with one attached hydrogen (secondary N) is 1. The lowest BCUT2D eigenvalue weighted by Crippen LogP contribution is -2.16. The topological polar surface area (TPSA) is 116 Å². The first-order valence-electron chi connectivity index (χ1n) is 7.97. The minimum Gasteiger partial charge on any atom is -0.488 e. The first-order chi connectivity index (χ1) is 13.4. The predicted molar refractivity (Wildman–Crippen MR) is 107 cm³/mol. The van der Waals surface area contributed by atoms with Gasteiger partial charge in [-0.1, -0.05) is 35.3 Å². The summed E-state index contributed by atoms with van der Waals surface area (Å²) < 4.78 is 5.88. The molecule has 8 heteroatoms. The lowest BCUT2D eigenvalue weighted by atomic mass is 9.96. The molecule has 0 saturated carbocycles. The summed E-state index contributed by atoms with van der Waals surface area (Å²) in [5, 5.41) is 19.9. The molecule has 0 amide bonds. The van der Waals surface area contributed by atoms with Crippen LogP contribution in [0.15, 0.2) is 47.3 Å². The van der Waals surface area contributed by atoms with Crippen molar-refractivity contribution in [1.82, 2.24) is 4.98 Å². The number of rotatable bonds is 4. The third-order valence-electron chi connectivity index (χ3n) is 3.96. The quantitative estimate of drug-likeness (QED) is 0.666. The Bertz CT molecular complexity index is 1210. The maximum Gasteiger partial charge on any atom is 0.268 e. The van der Waals surface area contributed by atoms with Crippen LogP contribution in [0, 0.1) is 22.7 Å². The van der Waals surface area contributed by atoms with E-state index in [9.17, 15) is 15.3 Å². The van der Waals surface area contributed by atoms with E-state index >= 15 is 0 Å². The lowest BCUT2D eigenvalue weighted by Gasteiger charge is -2.15. The highest BCUT2D eigenvalue weighted by molar-refractivity contribution is 6.31. The second-order valence-corrected chi connectivity index (χ2v) is 6.65. The van der Waals surface area contributed by atoms with Crippen LogP contribution in [-0.4, -0.2) is 4.98 Å². The van der Waals surface area contributed by atoms with Crippen LogP contribution in [0.2, 0.25) is 10.0 Å². The number of nitrogen functional groups attached to an aromatic ring is 1. The smallest absolute Gasteiger partial charge is 0.268 e. The third kappa shape index (κ3) is 3.79. The van der Waals surface area contributed by atoms with Gasteiger partial charge >= 0.3 is 0 Å². The van der Waals surface area contributed by atoms with Gasteiger partial charge in [0.1, 0.15) is 41.4 Å². The SMILES string of the molecule is N#Cc1c(N)[nH]c(=O)c(C#N)c1-c1cc(Cl)ccc1OCc1cccc(Cl)c1. The molecule has 3 rings (SSSR count).